The van der Waals surface area contributed by atoms with Crippen LogP contribution in [0.3, 0.4) is 0 Å². The van der Waals surface area contributed by atoms with Crippen LogP contribution >= 0.6 is 46.4 Å². The molecule has 1 amide bonds. The molecule has 0 fully saturated rings. The number of hydrogen-bond donors (Lipinski definition) is 2. The van der Waals surface area contributed by atoms with Crippen LogP contribution in [-0.4, -0.2) is 34.9 Å². The summed E-state index contributed by atoms with van der Waals surface area (Å²) >= 11 is 24.4. The summed E-state index contributed by atoms with van der Waals surface area (Å²) in [6, 6.07) is 8.05. The van der Waals surface area contributed by atoms with Crippen molar-refractivity contribution in [3.8, 4) is 0 Å². The number of hydrogen-bond acceptors (Lipinski definition) is 5. The van der Waals surface area contributed by atoms with Crippen LogP contribution in [0.25, 0.3) is 0 Å². The predicted octanol–water partition coefficient (Wildman–Crippen LogP) is 6.38. The fraction of sp³-hybridized carbons (Fsp3) is 0.391. The second-order valence-corrected chi connectivity index (χ2v) is 10.1. The van der Waals surface area contributed by atoms with Gasteiger partial charge in [0.05, 0.1) is 20.1 Å². The fourth-order valence-electron chi connectivity index (χ4n) is 3.01. The number of ether oxygens (including phenoxy) is 2. The Labute approximate surface area is 213 Å². The molecule has 0 spiro atoms. The van der Waals surface area contributed by atoms with E-state index in [2.05, 4.69) is 5.32 Å². The molecule has 2 aromatic rings. The van der Waals surface area contributed by atoms with Crippen molar-refractivity contribution in [3.63, 3.8) is 0 Å². The van der Waals surface area contributed by atoms with Crippen molar-refractivity contribution in [2.75, 3.05) is 0 Å². The van der Waals surface area contributed by atoms with E-state index in [1.54, 1.807) is 32.9 Å². The van der Waals surface area contributed by atoms with E-state index in [9.17, 15) is 14.7 Å². The van der Waals surface area contributed by atoms with Crippen LogP contribution in [0.15, 0.2) is 36.4 Å². The molecule has 0 aromatic heterocycles. The lowest BCUT2D eigenvalue weighted by atomic mass is 9.82. The Bertz CT molecular complexity index is 986. The van der Waals surface area contributed by atoms with Crippen LogP contribution in [0, 0.1) is 0 Å². The molecule has 0 aliphatic rings. The number of amides is 1. The number of aliphatic hydroxyl groups is 1. The summed E-state index contributed by atoms with van der Waals surface area (Å²) in [5, 5.41) is 15.2. The zero-order valence-corrected chi connectivity index (χ0v) is 21.7. The van der Waals surface area contributed by atoms with Crippen LogP contribution in [0.5, 0.6) is 0 Å². The molecule has 2 rings (SSSR count). The Balaban J connectivity index is 2.37. The summed E-state index contributed by atoms with van der Waals surface area (Å²) in [5.41, 5.74) is -1.99. The summed E-state index contributed by atoms with van der Waals surface area (Å²) in [4.78, 5) is 24.7. The van der Waals surface area contributed by atoms with E-state index < -0.39 is 35.4 Å². The van der Waals surface area contributed by atoms with Gasteiger partial charge in [-0.1, -0.05) is 58.5 Å². The van der Waals surface area contributed by atoms with Crippen molar-refractivity contribution < 1.29 is 24.2 Å². The Morgan fingerprint density at radius 1 is 0.879 bits per heavy atom. The molecule has 2 N–H and O–H groups in total. The molecular weight excluding hydrogens is 512 g/mol. The molecule has 0 bridgehead atoms. The first-order valence-corrected chi connectivity index (χ1v) is 11.5. The molecule has 0 radical (unpaired) electrons. The van der Waals surface area contributed by atoms with Crippen LogP contribution in [0.2, 0.25) is 20.1 Å². The first-order chi connectivity index (χ1) is 15.1. The van der Waals surface area contributed by atoms with Crippen LogP contribution in [-0.2, 0) is 19.9 Å². The van der Waals surface area contributed by atoms with Gasteiger partial charge in [-0.25, -0.2) is 9.59 Å². The summed E-state index contributed by atoms with van der Waals surface area (Å²) in [5.74, 6) is -0.785. The van der Waals surface area contributed by atoms with E-state index in [-0.39, 0.29) is 20.1 Å². The number of rotatable bonds is 6. The normalized spacial score (nSPS) is 13.8. The van der Waals surface area contributed by atoms with Crippen molar-refractivity contribution in [2.24, 2.45) is 0 Å². The predicted molar refractivity (Wildman–Crippen MR) is 130 cm³/mol. The van der Waals surface area contributed by atoms with Gasteiger partial charge in [-0.3, -0.25) is 0 Å². The van der Waals surface area contributed by atoms with Gasteiger partial charge in [0, 0.05) is 0 Å². The third-order valence-electron chi connectivity index (χ3n) is 4.69. The molecule has 0 heterocycles. The highest BCUT2D eigenvalue weighted by molar-refractivity contribution is 6.42. The van der Waals surface area contributed by atoms with Gasteiger partial charge < -0.3 is 19.9 Å². The number of esters is 1. The molecule has 6 nitrogen and oxygen atoms in total. The quantitative estimate of drug-likeness (QED) is 0.418. The Kier molecular flexibility index (Phi) is 8.93. The van der Waals surface area contributed by atoms with Gasteiger partial charge in [0.25, 0.3) is 0 Å². The Morgan fingerprint density at radius 2 is 1.33 bits per heavy atom. The van der Waals surface area contributed by atoms with Gasteiger partial charge in [-0.2, -0.15) is 0 Å². The zero-order valence-electron chi connectivity index (χ0n) is 18.7. The van der Waals surface area contributed by atoms with E-state index in [0.29, 0.717) is 11.1 Å². The number of alkyl carbamates (subject to hydrolysis) is 1. The molecular formula is C23H25Cl4NO5. The highest BCUT2D eigenvalue weighted by Gasteiger charge is 2.41. The molecule has 0 aliphatic heterocycles. The van der Waals surface area contributed by atoms with Gasteiger partial charge in [0.2, 0.25) is 0 Å². The summed E-state index contributed by atoms with van der Waals surface area (Å²) in [6.07, 6.45) is -1.91. The molecule has 0 unspecified atom stereocenters. The average Bonchev–Trinajstić information content (AvgIpc) is 2.69. The molecule has 2 aromatic carbocycles. The Hall–Kier alpha value is -1.70. The highest BCUT2D eigenvalue weighted by atomic mass is 35.5. The van der Waals surface area contributed by atoms with Gasteiger partial charge in [0.15, 0.2) is 5.60 Å². The third-order valence-corrected chi connectivity index (χ3v) is 6.17. The van der Waals surface area contributed by atoms with Crippen molar-refractivity contribution in [3.05, 3.63) is 67.6 Å². The maximum Gasteiger partial charge on any atom is 0.408 e. The second-order valence-electron chi connectivity index (χ2n) is 8.47. The average molecular weight is 537 g/mol. The lowest BCUT2D eigenvalue weighted by Gasteiger charge is -2.35. The van der Waals surface area contributed by atoms with Gasteiger partial charge in [-0.05, 0) is 70.0 Å². The number of nitrogens with one attached hydrogen (secondary N) is 1. The molecule has 2 atom stereocenters. The molecule has 33 heavy (non-hydrogen) atoms. The zero-order chi connectivity index (χ0) is 25.1. The van der Waals surface area contributed by atoms with E-state index >= 15 is 0 Å². The van der Waals surface area contributed by atoms with E-state index in [4.69, 9.17) is 55.9 Å². The molecule has 10 heteroatoms. The summed E-state index contributed by atoms with van der Waals surface area (Å²) in [6.45, 7) is 8.05. The maximum absolute atomic E-state index is 12.7. The second kappa shape index (κ2) is 10.7. The lowest BCUT2D eigenvalue weighted by Crippen LogP contribution is -2.47. The van der Waals surface area contributed by atoms with Crippen molar-refractivity contribution >= 4 is 58.5 Å². The smallest absolute Gasteiger partial charge is 0.408 e. The highest BCUT2D eigenvalue weighted by Crippen LogP contribution is 2.39. The van der Waals surface area contributed by atoms with Crippen LogP contribution in [0.1, 0.15) is 45.7 Å². The van der Waals surface area contributed by atoms with E-state index in [1.165, 1.54) is 38.1 Å². The van der Waals surface area contributed by atoms with Crippen molar-refractivity contribution in [2.45, 2.75) is 58.0 Å². The van der Waals surface area contributed by atoms with E-state index in [0.717, 1.165) is 0 Å². The largest absolute Gasteiger partial charge is 0.457 e. The standard InChI is InChI=1S/C23H25Cl4NO5/c1-12(28-21(30)33-22(3,4)5)20(29)32-13(2)23(31,14-6-8-16(24)18(26)10-14)15-7-9-17(25)19(27)11-15/h6-13,31H,1-5H3,(H,28,30)/t12-,13-/m0/s1. The van der Waals surface area contributed by atoms with Crippen LogP contribution < -0.4 is 5.32 Å². The van der Waals surface area contributed by atoms with Gasteiger partial charge in [0.1, 0.15) is 17.7 Å². The Morgan fingerprint density at radius 3 is 1.73 bits per heavy atom. The monoisotopic (exact) mass is 535 g/mol. The first kappa shape index (κ1) is 27.5. The SMILES string of the molecule is C[C@H](NC(=O)OC(C)(C)C)C(=O)O[C@@H](C)C(O)(c1ccc(Cl)c(Cl)c1)c1ccc(Cl)c(Cl)c1. The van der Waals surface area contributed by atoms with Crippen molar-refractivity contribution in [1.82, 2.24) is 5.32 Å². The number of carbonyl (C=O) groups excluding carboxylic acids is 2. The number of benzene rings is 2. The molecule has 0 saturated heterocycles. The van der Waals surface area contributed by atoms with Crippen molar-refractivity contribution in [1.29, 1.82) is 0 Å². The lowest BCUT2D eigenvalue weighted by molar-refractivity contribution is -0.162. The molecule has 0 aliphatic carbocycles. The third kappa shape index (κ3) is 6.90. The number of halogens is 4. The van der Waals surface area contributed by atoms with E-state index in [1.807, 2.05) is 0 Å². The minimum absolute atomic E-state index is 0.200. The summed E-state index contributed by atoms with van der Waals surface area (Å²) < 4.78 is 10.7. The van der Waals surface area contributed by atoms with Crippen LogP contribution in [0.4, 0.5) is 4.79 Å². The number of carbonyl (C=O) groups is 2. The maximum atomic E-state index is 12.7. The topological polar surface area (TPSA) is 84.9 Å². The molecule has 0 saturated carbocycles. The fourth-order valence-corrected chi connectivity index (χ4v) is 3.60. The minimum atomic E-state index is -1.87. The van der Waals surface area contributed by atoms with Gasteiger partial charge >= 0.3 is 12.1 Å². The summed E-state index contributed by atoms with van der Waals surface area (Å²) in [7, 11) is 0. The first-order valence-electron chi connectivity index (χ1n) is 9.98. The molecule has 180 valence electrons. The minimum Gasteiger partial charge on any atom is -0.457 e. The van der Waals surface area contributed by atoms with Gasteiger partial charge in [-0.15, -0.1) is 0 Å².